The third-order valence-corrected chi connectivity index (χ3v) is 8.08. The Morgan fingerprint density at radius 2 is 1.25 bits per heavy atom. The van der Waals surface area contributed by atoms with Gasteiger partial charge in [-0.25, -0.2) is 19.2 Å². The summed E-state index contributed by atoms with van der Waals surface area (Å²) in [6.07, 6.45) is -3.97. The van der Waals surface area contributed by atoms with Gasteiger partial charge in [-0.1, -0.05) is 0 Å². The molecule has 1 aromatic heterocycles. The number of carbonyl (C=O) groups is 4. The van der Waals surface area contributed by atoms with E-state index in [0.717, 1.165) is 10.8 Å². The molecule has 0 saturated carbocycles. The highest BCUT2D eigenvalue weighted by Gasteiger charge is 2.44. The number of aromatic amines is 1. The number of nitrogens with zero attached hydrogens (tertiary/aromatic N) is 3. The number of rotatable bonds is 18. The number of nitrogens with one attached hydrogen (secondary N) is 3. The van der Waals surface area contributed by atoms with E-state index in [4.69, 9.17) is 18.9 Å². The number of carbonyl (C=O) groups excluding carboxylic acids is 4. The van der Waals surface area contributed by atoms with Crippen LogP contribution < -0.4 is 21.9 Å². The van der Waals surface area contributed by atoms with E-state index in [0.29, 0.717) is 51.9 Å². The highest BCUT2D eigenvalue weighted by molar-refractivity contribution is 5.75. The minimum absolute atomic E-state index is 0.117. The Bertz CT molecular complexity index is 1560. The average Bonchev–Trinajstić information content (AvgIpc) is 3.34. The fourth-order valence-corrected chi connectivity index (χ4v) is 5.48. The number of aliphatic hydroxyl groups is 3. The number of amides is 4. The van der Waals surface area contributed by atoms with E-state index in [1.807, 2.05) is 0 Å². The van der Waals surface area contributed by atoms with Gasteiger partial charge in [0, 0.05) is 58.4 Å². The third kappa shape index (κ3) is 17.3. The summed E-state index contributed by atoms with van der Waals surface area (Å²) in [5.41, 5.74) is -3.83. The van der Waals surface area contributed by atoms with Crippen LogP contribution in [-0.4, -0.2) is 140 Å². The van der Waals surface area contributed by atoms with Crippen LogP contribution in [0.2, 0.25) is 0 Å². The summed E-state index contributed by atoms with van der Waals surface area (Å²) in [5, 5.41) is 35.2. The molecule has 19 heteroatoms. The van der Waals surface area contributed by atoms with E-state index in [-0.39, 0.29) is 31.6 Å². The molecule has 4 atom stereocenters. The Morgan fingerprint density at radius 3 is 1.71 bits per heavy atom. The maximum atomic E-state index is 13.1. The zero-order chi connectivity index (χ0) is 42.4. The molecule has 56 heavy (non-hydrogen) atoms. The van der Waals surface area contributed by atoms with Gasteiger partial charge in [-0.15, -0.1) is 0 Å². The Morgan fingerprint density at radius 1 is 0.768 bits per heavy atom. The number of aryl methyl sites for hydroxylation is 1. The van der Waals surface area contributed by atoms with Crippen molar-refractivity contribution in [1.82, 2.24) is 30.0 Å². The molecule has 1 aliphatic rings. The quantitative estimate of drug-likeness (QED) is 0.0916. The molecule has 0 bridgehead atoms. The summed E-state index contributed by atoms with van der Waals surface area (Å²) in [6, 6.07) is 0. The van der Waals surface area contributed by atoms with E-state index in [1.54, 1.807) is 72.1 Å². The number of hydrogen-bond acceptors (Lipinski definition) is 13. The predicted octanol–water partition coefficient (Wildman–Crippen LogP) is 1.76. The third-order valence-electron chi connectivity index (χ3n) is 8.08. The first-order chi connectivity index (χ1) is 25.9. The molecule has 1 aliphatic heterocycles. The molecule has 0 spiro atoms. The van der Waals surface area contributed by atoms with E-state index in [1.165, 1.54) is 0 Å². The average molecular weight is 801 g/mol. The van der Waals surface area contributed by atoms with Crippen LogP contribution in [0.1, 0.15) is 106 Å². The molecule has 320 valence electrons. The number of aromatic nitrogens is 2. The first-order valence-corrected chi connectivity index (χ1v) is 19.1. The number of hydrogen-bond donors (Lipinski definition) is 6. The van der Waals surface area contributed by atoms with Crippen LogP contribution in [0, 0.1) is 0 Å². The van der Waals surface area contributed by atoms with Crippen LogP contribution in [0.15, 0.2) is 15.8 Å². The fourth-order valence-electron chi connectivity index (χ4n) is 5.48. The van der Waals surface area contributed by atoms with Crippen molar-refractivity contribution in [2.45, 2.75) is 142 Å². The van der Waals surface area contributed by atoms with Crippen LogP contribution in [0.3, 0.4) is 0 Å². The molecule has 6 N–H and O–H groups in total. The lowest BCUT2D eigenvalue weighted by Gasteiger charge is -2.29. The molecule has 0 aliphatic carbocycles. The topological polar surface area (TPSA) is 251 Å². The van der Waals surface area contributed by atoms with Crippen LogP contribution in [0.4, 0.5) is 14.4 Å². The second kappa shape index (κ2) is 21.4. The lowest BCUT2D eigenvalue weighted by atomic mass is 10.0. The molecule has 1 fully saturated rings. The maximum absolute atomic E-state index is 13.1. The second-order valence-electron chi connectivity index (χ2n) is 16.7. The molecule has 4 unspecified atom stereocenters. The Kier molecular flexibility index (Phi) is 18.3. The summed E-state index contributed by atoms with van der Waals surface area (Å²) in [7, 11) is 0. The summed E-state index contributed by atoms with van der Waals surface area (Å²) in [4.78, 5) is 80.9. The zero-order valence-corrected chi connectivity index (χ0v) is 34.3. The van der Waals surface area contributed by atoms with Gasteiger partial charge < -0.3 is 54.7 Å². The monoisotopic (exact) mass is 800 g/mol. The number of H-pyrrole nitrogens is 1. The number of alkyl carbamates (subject to hydrolysis) is 1. The summed E-state index contributed by atoms with van der Waals surface area (Å²) >= 11 is 0. The van der Waals surface area contributed by atoms with Crippen LogP contribution >= 0.6 is 0 Å². The number of ether oxygens (including phenoxy) is 4. The van der Waals surface area contributed by atoms with E-state index in [9.17, 15) is 44.1 Å². The summed E-state index contributed by atoms with van der Waals surface area (Å²) in [6.45, 7) is 17.0. The highest BCUT2D eigenvalue weighted by Crippen LogP contribution is 2.31. The lowest BCUT2D eigenvalue weighted by Crippen LogP contribution is -2.41. The normalized spacial score (nSPS) is 18.6. The molecule has 19 nitrogen and oxygen atoms in total. The smallest absolute Gasteiger partial charge is 0.410 e. The second-order valence-corrected chi connectivity index (χ2v) is 16.7. The van der Waals surface area contributed by atoms with Crippen LogP contribution in [0.25, 0.3) is 0 Å². The van der Waals surface area contributed by atoms with Gasteiger partial charge in [-0.3, -0.25) is 19.1 Å². The molecule has 0 radical (unpaired) electrons. The zero-order valence-electron chi connectivity index (χ0n) is 34.3. The highest BCUT2D eigenvalue weighted by atomic mass is 16.6. The lowest BCUT2D eigenvalue weighted by molar-refractivity contribution is -0.121. The molecule has 1 aromatic rings. The molecular weight excluding hydrogens is 736 g/mol. The van der Waals surface area contributed by atoms with E-state index in [2.05, 4.69) is 15.6 Å². The van der Waals surface area contributed by atoms with E-state index < -0.39 is 83.3 Å². The minimum Gasteiger partial charge on any atom is -0.444 e. The molecule has 1 saturated heterocycles. The maximum Gasteiger partial charge on any atom is 0.410 e. The Labute approximate surface area is 328 Å². The number of unbranched alkanes of at least 4 members (excludes halogenated alkanes) is 1. The van der Waals surface area contributed by atoms with Crippen LogP contribution in [-0.2, 0) is 30.3 Å². The SMILES string of the molecule is CC(C)(C)OC(=O)NCCCN(CCCCN(CCCNC(=O)CCn1cc(C2OC(CO)C(O)C2O)c(=O)[nH]c1=O)C(=O)OC(C)(C)C)C(=O)OC(C)(C)C. The van der Waals surface area contributed by atoms with Gasteiger partial charge in [0.05, 0.1) is 12.2 Å². The Balaban J connectivity index is 1.93. The van der Waals surface area contributed by atoms with Crippen molar-refractivity contribution >= 4 is 24.2 Å². The largest absolute Gasteiger partial charge is 0.444 e. The van der Waals surface area contributed by atoms with Gasteiger partial charge in [0.25, 0.3) is 5.56 Å². The van der Waals surface area contributed by atoms with Crippen molar-refractivity contribution in [2.24, 2.45) is 0 Å². The predicted molar refractivity (Wildman–Crippen MR) is 204 cm³/mol. The van der Waals surface area contributed by atoms with Gasteiger partial charge in [0.1, 0.15) is 41.2 Å². The van der Waals surface area contributed by atoms with Gasteiger partial charge in [-0.05, 0) is 88.0 Å². The van der Waals surface area contributed by atoms with Crippen LogP contribution in [0.5, 0.6) is 0 Å². The van der Waals surface area contributed by atoms with E-state index >= 15 is 0 Å². The van der Waals surface area contributed by atoms with Crippen molar-refractivity contribution in [3.05, 3.63) is 32.6 Å². The minimum atomic E-state index is -1.51. The molecule has 2 rings (SSSR count). The van der Waals surface area contributed by atoms with Gasteiger partial charge in [0.2, 0.25) is 5.91 Å². The number of aliphatic hydroxyl groups excluding tert-OH is 3. The standard InChI is InChI=1S/C37H64N6O13/c1-35(2,3)54-32(50)39-16-13-20-42(34(52)56-37(7,8)9)18-11-10-17-41(33(51)55-36(4,5)6)19-12-15-38-26(45)14-21-43-22-24(30(48)40-31(43)49)29-28(47)27(46)25(23-44)53-29/h22,25,27-29,44,46-47H,10-21,23H2,1-9H3,(H,38,45)(H,39,50)(H,40,48,49). The molecular formula is C37H64N6O13. The van der Waals surface area contributed by atoms with Crippen molar-refractivity contribution in [1.29, 1.82) is 0 Å². The summed E-state index contributed by atoms with van der Waals surface area (Å²) in [5.74, 6) is -0.398. The van der Waals surface area contributed by atoms with Crippen molar-refractivity contribution in [3.8, 4) is 0 Å². The molecule has 4 amide bonds. The molecule has 0 aromatic carbocycles. The van der Waals surface area contributed by atoms with Crippen molar-refractivity contribution < 1.29 is 53.4 Å². The first-order valence-electron chi connectivity index (χ1n) is 19.1. The van der Waals surface area contributed by atoms with Crippen molar-refractivity contribution in [3.63, 3.8) is 0 Å². The van der Waals surface area contributed by atoms with Gasteiger partial charge in [-0.2, -0.15) is 0 Å². The fraction of sp³-hybridized carbons (Fsp3) is 0.784. The first kappa shape index (κ1) is 48.0. The Hall–Kier alpha value is -4.20. The van der Waals surface area contributed by atoms with Crippen molar-refractivity contribution in [2.75, 3.05) is 45.9 Å². The molecule has 2 heterocycles. The van der Waals surface area contributed by atoms with Gasteiger partial charge in [0.15, 0.2) is 0 Å². The van der Waals surface area contributed by atoms with Gasteiger partial charge >= 0.3 is 24.0 Å². The summed E-state index contributed by atoms with van der Waals surface area (Å²) < 4.78 is 23.0.